The number of nitrogens with one attached hydrogen (secondary N) is 1. The Hall–Kier alpha value is -0.610. The van der Waals surface area contributed by atoms with Crippen molar-refractivity contribution in [1.82, 2.24) is 15.1 Å². The summed E-state index contributed by atoms with van der Waals surface area (Å²) in [6.07, 6.45) is 4.67. The first kappa shape index (κ1) is 12.5. The van der Waals surface area contributed by atoms with Crippen molar-refractivity contribution >= 4 is 15.9 Å². The molecule has 1 aromatic heterocycles. The van der Waals surface area contributed by atoms with E-state index in [1.807, 2.05) is 24.0 Å². The predicted octanol–water partition coefficient (Wildman–Crippen LogP) is 3.06. The number of hydrogen-bond donors (Lipinski definition) is 1. The van der Waals surface area contributed by atoms with Gasteiger partial charge in [-0.3, -0.25) is 4.68 Å². The molecule has 4 heteroatoms. The molecular weight excluding hydrogens is 254 g/mol. The summed E-state index contributed by atoms with van der Waals surface area (Å²) in [5.41, 5.74) is 1.19. The predicted molar refractivity (Wildman–Crippen MR) is 66.9 cm³/mol. The van der Waals surface area contributed by atoms with Crippen LogP contribution in [0.2, 0.25) is 0 Å². The Balaban J connectivity index is 3.08. The van der Waals surface area contributed by atoms with Gasteiger partial charge < -0.3 is 5.32 Å². The van der Waals surface area contributed by atoms with Crippen LogP contribution in [0.1, 0.15) is 38.0 Å². The minimum absolute atomic E-state index is 0.266. The number of hydrogen-bond acceptors (Lipinski definition) is 2. The van der Waals surface area contributed by atoms with E-state index in [1.165, 1.54) is 5.69 Å². The van der Waals surface area contributed by atoms with Crippen molar-refractivity contribution in [2.75, 3.05) is 7.05 Å². The van der Waals surface area contributed by atoms with Gasteiger partial charge in [-0.15, -0.1) is 6.58 Å². The van der Waals surface area contributed by atoms with Gasteiger partial charge in [0.15, 0.2) is 0 Å². The lowest BCUT2D eigenvalue weighted by Gasteiger charge is -2.19. The molecule has 0 aromatic carbocycles. The molecule has 0 aliphatic heterocycles. The van der Waals surface area contributed by atoms with Gasteiger partial charge in [0.05, 0.1) is 22.4 Å². The normalized spacial score (nSPS) is 13.1. The molecule has 15 heavy (non-hydrogen) atoms. The summed E-state index contributed by atoms with van der Waals surface area (Å²) < 4.78 is 3.09. The van der Waals surface area contributed by atoms with Gasteiger partial charge in [0.1, 0.15) is 0 Å². The quantitative estimate of drug-likeness (QED) is 0.835. The maximum atomic E-state index is 4.36. The molecule has 1 N–H and O–H groups in total. The fourth-order valence-corrected chi connectivity index (χ4v) is 2.17. The minimum Gasteiger partial charge on any atom is -0.311 e. The zero-order valence-electron chi connectivity index (χ0n) is 9.50. The van der Waals surface area contributed by atoms with Crippen molar-refractivity contribution in [3.8, 4) is 0 Å². The monoisotopic (exact) mass is 271 g/mol. The van der Waals surface area contributed by atoms with Gasteiger partial charge in [0, 0.05) is 6.04 Å². The van der Waals surface area contributed by atoms with Crippen molar-refractivity contribution < 1.29 is 0 Å². The highest BCUT2D eigenvalue weighted by Gasteiger charge is 2.18. The molecule has 0 amide bonds. The molecule has 1 rings (SSSR count). The van der Waals surface area contributed by atoms with Gasteiger partial charge >= 0.3 is 0 Å². The van der Waals surface area contributed by atoms with E-state index in [1.54, 1.807) is 0 Å². The zero-order valence-corrected chi connectivity index (χ0v) is 11.1. The SMILES string of the molecule is C=CCC(NC)c1c(Br)cnn1C(C)C. The smallest absolute Gasteiger partial charge is 0.0701 e. The summed E-state index contributed by atoms with van der Waals surface area (Å²) in [6, 6.07) is 0.633. The largest absolute Gasteiger partial charge is 0.311 e. The van der Waals surface area contributed by atoms with Gasteiger partial charge in [0.2, 0.25) is 0 Å². The van der Waals surface area contributed by atoms with Crippen molar-refractivity contribution in [3.63, 3.8) is 0 Å². The van der Waals surface area contributed by atoms with E-state index in [2.05, 4.69) is 46.8 Å². The van der Waals surface area contributed by atoms with Crippen LogP contribution in [-0.4, -0.2) is 16.8 Å². The van der Waals surface area contributed by atoms with E-state index in [9.17, 15) is 0 Å². The summed E-state index contributed by atoms with van der Waals surface area (Å²) >= 11 is 3.54. The highest BCUT2D eigenvalue weighted by Crippen LogP contribution is 2.27. The fourth-order valence-electron chi connectivity index (χ4n) is 1.62. The Labute approximate surface area is 99.7 Å². The van der Waals surface area contributed by atoms with Crippen molar-refractivity contribution in [3.05, 3.63) is 29.0 Å². The third kappa shape index (κ3) is 2.69. The minimum atomic E-state index is 0.266. The molecule has 1 heterocycles. The molecule has 0 bridgehead atoms. The third-order valence-corrected chi connectivity index (χ3v) is 2.97. The van der Waals surface area contributed by atoms with Crippen molar-refractivity contribution in [2.45, 2.75) is 32.4 Å². The Bertz CT molecular complexity index is 331. The van der Waals surface area contributed by atoms with Crippen LogP contribution in [0.25, 0.3) is 0 Å². The lowest BCUT2D eigenvalue weighted by Crippen LogP contribution is -2.21. The van der Waals surface area contributed by atoms with Gasteiger partial charge in [-0.05, 0) is 43.2 Å². The molecule has 1 atom stereocenters. The Kier molecular flexibility index (Phi) is 4.54. The molecule has 0 aliphatic rings. The topological polar surface area (TPSA) is 29.9 Å². The first-order valence-electron chi connectivity index (χ1n) is 5.12. The molecule has 0 saturated carbocycles. The fraction of sp³-hybridized carbons (Fsp3) is 0.545. The van der Waals surface area contributed by atoms with Crippen LogP contribution in [0.3, 0.4) is 0 Å². The van der Waals surface area contributed by atoms with Crippen LogP contribution in [0, 0.1) is 0 Å². The van der Waals surface area contributed by atoms with Crippen molar-refractivity contribution in [2.24, 2.45) is 0 Å². The molecule has 84 valence electrons. The highest BCUT2D eigenvalue weighted by molar-refractivity contribution is 9.10. The van der Waals surface area contributed by atoms with Crippen LogP contribution in [0.4, 0.5) is 0 Å². The second-order valence-electron chi connectivity index (χ2n) is 3.78. The van der Waals surface area contributed by atoms with E-state index in [-0.39, 0.29) is 6.04 Å². The van der Waals surface area contributed by atoms with E-state index in [0.29, 0.717) is 6.04 Å². The van der Waals surface area contributed by atoms with Gasteiger partial charge in [0.25, 0.3) is 0 Å². The third-order valence-electron chi connectivity index (χ3n) is 2.36. The first-order valence-corrected chi connectivity index (χ1v) is 5.92. The van der Waals surface area contributed by atoms with E-state index in [0.717, 1.165) is 10.9 Å². The van der Waals surface area contributed by atoms with E-state index < -0.39 is 0 Å². The highest BCUT2D eigenvalue weighted by atomic mass is 79.9. The average molecular weight is 272 g/mol. The van der Waals surface area contributed by atoms with Crippen LogP contribution in [0.5, 0.6) is 0 Å². The zero-order chi connectivity index (χ0) is 11.4. The maximum Gasteiger partial charge on any atom is 0.0701 e. The second-order valence-corrected chi connectivity index (χ2v) is 4.64. The average Bonchev–Trinajstić information content (AvgIpc) is 2.57. The molecule has 1 unspecified atom stereocenters. The Morgan fingerprint density at radius 3 is 2.80 bits per heavy atom. The summed E-state index contributed by atoms with van der Waals surface area (Å²) in [5, 5.41) is 7.64. The number of nitrogens with zero attached hydrogens (tertiary/aromatic N) is 2. The van der Waals surface area contributed by atoms with Crippen LogP contribution < -0.4 is 5.32 Å². The molecule has 1 aromatic rings. The first-order chi connectivity index (χ1) is 7.11. The Morgan fingerprint density at radius 2 is 2.33 bits per heavy atom. The lowest BCUT2D eigenvalue weighted by atomic mass is 10.1. The summed E-state index contributed by atoms with van der Waals surface area (Å²) in [7, 11) is 1.96. The number of rotatable bonds is 5. The number of aromatic nitrogens is 2. The molecule has 0 radical (unpaired) electrons. The van der Waals surface area contributed by atoms with E-state index >= 15 is 0 Å². The van der Waals surface area contributed by atoms with Gasteiger partial charge in [-0.1, -0.05) is 6.08 Å². The second kappa shape index (κ2) is 5.47. The molecule has 0 spiro atoms. The van der Waals surface area contributed by atoms with Crippen LogP contribution >= 0.6 is 15.9 Å². The summed E-state index contributed by atoms with van der Waals surface area (Å²) in [6.45, 7) is 8.03. The molecule has 0 fully saturated rings. The van der Waals surface area contributed by atoms with Crippen LogP contribution in [-0.2, 0) is 0 Å². The van der Waals surface area contributed by atoms with Gasteiger partial charge in [-0.2, -0.15) is 5.10 Å². The lowest BCUT2D eigenvalue weighted by molar-refractivity contribution is 0.462. The standard InChI is InChI=1S/C11H18BrN3/c1-5-6-10(13-4)11-9(12)7-14-15(11)8(2)3/h5,7-8,10,13H,1,6H2,2-4H3. The molecule has 0 saturated heterocycles. The molecular formula is C11H18BrN3. The summed E-state index contributed by atoms with van der Waals surface area (Å²) in [5.74, 6) is 0. The van der Waals surface area contributed by atoms with Crippen molar-refractivity contribution in [1.29, 1.82) is 0 Å². The maximum absolute atomic E-state index is 4.36. The van der Waals surface area contributed by atoms with Crippen LogP contribution in [0.15, 0.2) is 23.3 Å². The van der Waals surface area contributed by atoms with E-state index in [4.69, 9.17) is 0 Å². The Morgan fingerprint density at radius 1 is 1.67 bits per heavy atom. The number of halogens is 1. The molecule has 3 nitrogen and oxygen atoms in total. The summed E-state index contributed by atoms with van der Waals surface area (Å²) in [4.78, 5) is 0. The molecule has 0 aliphatic carbocycles. The van der Waals surface area contributed by atoms with Gasteiger partial charge in [-0.25, -0.2) is 0 Å².